The number of hydrogen-bond acceptors (Lipinski definition) is 4. The number of para-hydroxylation sites is 1. The van der Waals surface area contributed by atoms with Crippen LogP contribution >= 0.6 is 0 Å². The number of hydrogen-bond donors (Lipinski definition) is 1. The lowest BCUT2D eigenvalue weighted by Crippen LogP contribution is -2.50. The molecular formula is C19H26N2O3. The number of amides is 1. The van der Waals surface area contributed by atoms with Gasteiger partial charge in [0.2, 0.25) is 5.91 Å². The molecule has 2 heterocycles. The first-order valence-corrected chi connectivity index (χ1v) is 8.66. The molecule has 0 saturated carbocycles. The van der Waals surface area contributed by atoms with Gasteiger partial charge in [0, 0.05) is 31.4 Å². The van der Waals surface area contributed by atoms with E-state index >= 15 is 0 Å². The van der Waals surface area contributed by atoms with Gasteiger partial charge in [-0.05, 0) is 24.5 Å². The highest BCUT2D eigenvalue weighted by Gasteiger charge is 2.28. The smallest absolute Gasteiger partial charge is 0.219 e. The summed E-state index contributed by atoms with van der Waals surface area (Å²) in [5.41, 5.74) is 0.801. The molecule has 5 heteroatoms. The van der Waals surface area contributed by atoms with Crippen molar-refractivity contribution in [1.29, 1.82) is 0 Å². The zero-order valence-corrected chi connectivity index (χ0v) is 14.7. The maximum Gasteiger partial charge on any atom is 0.219 e. The number of nitrogens with zero attached hydrogens (tertiary/aromatic N) is 1. The average molecular weight is 330 g/mol. The van der Waals surface area contributed by atoms with Crippen molar-refractivity contribution in [3.63, 3.8) is 0 Å². The standard InChI is InChI=1S/C19H26N2O3/c1-4-14-12-21(13(2)22)9-8-17(14)20-11-16-10-15-6-5-7-18(23-3)19(15)24-16/h5-7,10,14,17,20H,4,8-9,11-12H2,1-3H3. The number of carbonyl (C=O) groups excluding carboxylic acids is 1. The van der Waals surface area contributed by atoms with Crippen LogP contribution in [0.5, 0.6) is 5.75 Å². The second kappa shape index (κ2) is 7.26. The molecule has 5 nitrogen and oxygen atoms in total. The number of rotatable bonds is 5. The van der Waals surface area contributed by atoms with Gasteiger partial charge in [0.25, 0.3) is 0 Å². The Morgan fingerprint density at radius 3 is 3.00 bits per heavy atom. The van der Waals surface area contributed by atoms with Crippen LogP contribution in [0.15, 0.2) is 28.7 Å². The average Bonchev–Trinajstić information content (AvgIpc) is 3.02. The molecular weight excluding hydrogens is 304 g/mol. The maximum atomic E-state index is 11.6. The minimum atomic E-state index is 0.177. The predicted octanol–water partition coefficient (Wildman–Crippen LogP) is 3.18. The molecule has 24 heavy (non-hydrogen) atoms. The topological polar surface area (TPSA) is 54.7 Å². The predicted molar refractivity (Wildman–Crippen MR) is 94.0 cm³/mol. The Labute approximate surface area is 143 Å². The number of carbonyl (C=O) groups is 1. The molecule has 0 aliphatic carbocycles. The van der Waals surface area contributed by atoms with Crippen molar-refractivity contribution in [2.24, 2.45) is 5.92 Å². The largest absolute Gasteiger partial charge is 0.493 e. The van der Waals surface area contributed by atoms with Crippen LogP contribution in [0.25, 0.3) is 11.0 Å². The summed E-state index contributed by atoms with van der Waals surface area (Å²) in [7, 11) is 1.66. The molecule has 130 valence electrons. The molecule has 1 aliphatic rings. The first-order chi connectivity index (χ1) is 11.6. The Bertz CT molecular complexity index is 710. The van der Waals surface area contributed by atoms with E-state index in [0.29, 0.717) is 18.5 Å². The Morgan fingerprint density at radius 2 is 2.29 bits per heavy atom. The van der Waals surface area contributed by atoms with E-state index in [1.165, 1.54) is 0 Å². The fourth-order valence-electron chi connectivity index (χ4n) is 3.57. The molecule has 0 radical (unpaired) electrons. The minimum absolute atomic E-state index is 0.177. The van der Waals surface area contributed by atoms with E-state index in [1.807, 2.05) is 23.1 Å². The molecule has 1 fully saturated rings. The summed E-state index contributed by atoms with van der Waals surface area (Å²) in [5.74, 6) is 2.34. The van der Waals surface area contributed by atoms with Gasteiger partial charge in [-0.3, -0.25) is 4.79 Å². The van der Waals surface area contributed by atoms with E-state index in [-0.39, 0.29) is 5.91 Å². The van der Waals surface area contributed by atoms with Crippen LogP contribution in [-0.4, -0.2) is 37.0 Å². The van der Waals surface area contributed by atoms with Crippen LogP contribution in [0.1, 0.15) is 32.4 Å². The number of furan rings is 1. The summed E-state index contributed by atoms with van der Waals surface area (Å²) in [6.07, 6.45) is 2.05. The first kappa shape index (κ1) is 16.8. The van der Waals surface area contributed by atoms with Crippen molar-refractivity contribution in [2.45, 2.75) is 39.3 Å². The van der Waals surface area contributed by atoms with Crippen LogP contribution in [0.4, 0.5) is 0 Å². The van der Waals surface area contributed by atoms with Gasteiger partial charge in [-0.2, -0.15) is 0 Å². The van der Waals surface area contributed by atoms with Crippen LogP contribution in [0, 0.1) is 5.92 Å². The van der Waals surface area contributed by atoms with Gasteiger partial charge in [-0.25, -0.2) is 0 Å². The lowest BCUT2D eigenvalue weighted by Gasteiger charge is -2.38. The van der Waals surface area contributed by atoms with E-state index < -0.39 is 0 Å². The minimum Gasteiger partial charge on any atom is -0.493 e. The maximum absolute atomic E-state index is 11.6. The number of methoxy groups -OCH3 is 1. The van der Waals surface area contributed by atoms with Crippen molar-refractivity contribution in [2.75, 3.05) is 20.2 Å². The number of likely N-dealkylation sites (tertiary alicyclic amines) is 1. The zero-order valence-electron chi connectivity index (χ0n) is 14.7. The molecule has 2 unspecified atom stereocenters. The van der Waals surface area contributed by atoms with Gasteiger partial charge < -0.3 is 19.4 Å². The number of fused-ring (bicyclic) bond motifs is 1. The molecule has 1 saturated heterocycles. The van der Waals surface area contributed by atoms with E-state index in [0.717, 1.165) is 48.4 Å². The third-order valence-corrected chi connectivity index (χ3v) is 5.02. The highest BCUT2D eigenvalue weighted by Crippen LogP contribution is 2.29. The summed E-state index contributed by atoms with van der Waals surface area (Å²) < 4.78 is 11.3. The Kier molecular flexibility index (Phi) is 5.09. The van der Waals surface area contributed by atoms with Crippen LogP contribution in [-0.2, 0) is 11.3 Å². The van der Waals surface area contributed by atoms with Gasteiger partial charge in [0.1, 0.15) is 5.76 Å². The summed E-state index contributed by atoms with van der Waals surface area (Å²) >= 11 is 0. The molecule has 2 aromatic rings. The molecule has 1 amide bonds. The molecule has 1 N–H and O–H groups in total. The van der Waals surface area contributed by atoms with Crippen LogP contribution < -0.4 is 10.1 Å². The van der Waals surface area contributed by atoms with E-state index in [1.54, 1.807) is 14.0 Å². The second-order valence-electron chi connectivity index (χ2n) is 6.50. The highest BCUT2D eigenvalue weighted by molar-refractivity contribution is 5.83. The van der Waals surface area contributed by atoms with Gasteiger partial charge >= 0.3 is 0 Å². The molecule has 1 aromatic heterocycles. The molecule has 0 spiro atoms. The summed E-state index contributed by atoms with van der Waals surface area (Å²) in [4.78, 5) is 13.5. The number of piperidine rings is 1. The normalized spacial score (nSPS) is 21.2. The Morgan fingerprint density at radius 1 is 1.46 bits per heavy atom. The molecule has 0 bridgehead atoms. The number of benzene rings is 1. The van der Waals surface area contributed by atoms with Gasteiger partial charge in [-0.1, -0.05) is 25.5 Å². The van der Waals surface area contributed by atoms with E-state index in [4.69, 9.17) is 9.15 Å². The fraction of sp³-hybridized carbons (Fsp3) is 0.526. The molecule has 1 aromatic carbocycles. The van der Waals surface area contributed by atoms with E-state index in [2.05, 4.69) is 18.3 Å². The number of ether oxygens (including phenoxy) is 1. The molecule has 3 rings (SSSR count). The Hall–Kier alpha value is -2.01. The van der Waals surface area contributed by atoms with Crippen LogP contribution in [0.3, 0.4) is 0 Å². The fourth-order valence-corrected chi connectivity index (χ4v) is 3.57. The van der Waals surface area contributed by atoms with Crippen molar-refractivity contribution < 1.29 is 13.9 Å². The van der Waals surface area contributed by atoms with Crippen molar-refractivity contribution >= 4 is 16.9 Å². The summed E-state index contributed by atoms with van der Waals surface area (Å²) in [6.45, 7) is 6.21. The zero-order chi connectivity index (χ0) is 17.1. The van der Waals surface area contributed by atoms with Gasteiger partial charge in [0.15, 0.2) is 11.3 Å². The first-order valence-electron chi connectivity index (χ1n) is 8.66. The van der Waals surface area contributed by atoms with Crippen LogP contribution in [0.2, 0.25) is 0 Å². The second-order valence-corrected chi connectivity index (χ2v) is 6.50. The van der Waals surface area contributed by atoms with Gasteiger partial charge in [0.05, 0.1) is 13.7 Å². The molecule has 2 atom stereocenters. The lowest BCUT2D eigenvalue weighted by molar-refractivity contribution is -0.131. The van der Waals surface area contributed by atoms with Crippen molar-refractivity contribution in [1.82, 2.24) is 10.2 Å². The summed E-state index contributed by atoms with van der Waals surface area (Å²) in [5, 5.41) is 4.68. The quantitative estimate of drug-likeness (QED) is 0.915. The van der Waals surface area contributed by atoms with Gasteiger partial charge in [-0.15, -0.1) is 0 Å². The molecule has 1 aliphatic heterocycles. The third kappa shape index (κ3) is 3.41. The number of nitrogens with one attached hydrogen (secondary N) is 1. The summed E-state index contributed by atoms with van der Waals surface area (Å²) in [6, 6.07) is 8.40. The monoisotopic (exact) mass is 330 g/mol. The third-order valence-electron chi connectivity index (χ3n) is 5.02. The SMILES string of the molecule is CCC1CN(C(C)=O)CCC1NCc1cc2cccc(OC)c2o1. The lowest BCUT2D eigenvalue weighted by atomic mass is 9.90. The van der Waals surface area contributed by atoms with Crippen molar-refractivity contribution in [3.8, 4) is 5.75 Å². The van der Waals surface area contributed by atoms with E-state index in [9.17, 15) is 4.79 Å². The highest BCUT2D eigenvalue weighted by atomic mass is 16.5. The Balaban J connectivity index is 1.66. The van der Waals surface area contributed by atoms with Crippen molar-refractivity contribution in [3.05, 3.63) is 30.0 Å².